The molecule has 6 heteroatoms. The lowest BCUT2D eigenvalue weighted by Gasteiger charge is -2.25. The lowest BCUT2D eigenvalue weighted by Crippen LogP contribution is -2.46. The van der Waals surface area contributed by atoms with Crippen molar-refractivity contribution in [3.8, 4) is 0 Å². The van der Waals surface area contributed by atoms with Gasteiger partial charge < -0.3 is 10.2 Å². The second-order valence-electron chi connectivity index (χ2n) is 8.22. The summed E-state index contributed by atoms with van der Waals surface area (Å²) in [5, 5.41) is 4.78. The molecule has 1 heterocycles. The third kappa shape index (κ3) is 4.11. The monoisotopic (exact) mass is 395 g/mol. The molecule has 0 aliphatic carbocycles. The molecular formula is C23H29N3O3. The van der Waals surface area contributed by atoms with Crippen molar-refractivity contribution < 1.29 is 14.4 Å². The fourth-order valence-corrected chi connectivity index (χ4v) is 3.78. The number of likely N-dealkylation sites (N-methyl/N-ethyl adjacent to an activating group) is 1. The van der Waals surface area contributed by atoms with E-state index >= 15 is 0 Å². The molecule has 2 aromatic carbocycles. The summed E-state index contributed by atoms with van der Waals surface area (Å²) in [6, 6.07) is 13.1. The van der Waals surface area contributed by atoms with Gasteiger partial charge in [-0.05, 0) is 44.1 Å². The molecule has 1 N–H and O–H groups in total. The van der Waals surface area contributed by atoms with Crippen molar-refractivity contribution in [3.05, 3.63) is 42.5 Å². The number of carbonyl (C=O) groups excluding carboxylic acids is 3. The summed E-state index contributed by atoms with van der Waals surface area (Å²) >= 11 is 0. The molecule has 6 nitrogen and oxygen atoms in total. The number of hydrogen-bond acceptors (Lipinski definition) is 3. The first kappa shape index (κ1) is 20.8. The molecule has 0 bridgehead atoms. The Balaban J connectivity index is 1.81. The van der Waals surface area contributed by atoms with Crippen molar-refractivity contribution in [1.82, 2.24) is 10.2 Å². The number of amides is 4. The molecule has 1 unspecified atom stereocenters. The Morgan fingerprint density at radius 1 is 1.14 bits per heavy atom. The van der Waals surface area contributed by atoms with Crippen LogP contribution in [0.25, 0.3) is 10.8 Å². The highest BCUT2D eigenvalue weighted by atomic mass is 16.2. The zero-order chi connectivity index (χ0) is 21.2. The number of hydrogen-bond donors (Lipinski definition) is 1. The van der Waals surface area contributed by atoms with Crippen LogP contribution in [0.1, 0.15) is 40.5 Å². The predicted molar refractivity (Wildman–Crippen MR) is 115 cm³/mol. The van der Waals surface area contributed by atoms with Crippen LogP contribution in [0.15, 0.2) is 42.5 Å². The van der Waals surface area contributed by atoms with Gasteiger partial charge in [-0.2, -0.15) is 0 Å². The lowest BCUT2D eigenvalue weighted by atomic mass is 9.92. The van der Waals surface area contributed by atoms with Crippen molar-refractivity contribution in [1.29, 1.82) is 0 Å². The summed E-state index contributed by atoms with van der Waals surface area (Å²) in [6.07, 6.45) is 1.38. The highest BCUT2D eigenvalue weighted by Crippen LogP contribution is 2.28. The molecule has 154 valence electrons. The molecule has 1 saturated heterocycles. The van der Waals surface area contributed by atoms with Crippen LogP contribution in [0, 0.1) is 5.92 Å². The molecule has 0 spiro atoms. The molecule has 0 saturated carbocycles. The SMILES string of the molecule is CCN(C(=O)CN1C(=O)NC(C)(CCC(C)C)C1=O)c1cccc2ccccc12. The summed E-state index contributed by atoms with van der Waals surface area (Å²) in [6.45, 7) is 7.96. The molecule has 0 radical (unpaired) electrons. The summed E-state index contributed by atoms with van der Waals surface area (Å²) in [7, 11) is 0. The van der Waals surface area contributed by atoms with Crippen molar-refractivity contribution in [2.75, 3.05) is 18.0 Å². The first-order valence-electron chi connectivity index (χ1n) is 10.2. The molecule has 0 aromatic heterocycles. The summed E-state index contributed by atoms with van der Waals surface area (Å²) in [4.78, 5) is 41.2. The Bertz CT molecular complexity index is 935. The van der Waals surface area contributed by atoms with E-state index in [4.69, 9.17) is 0 Å². The van der Waals surface area contributed by atoms with Crippen LogP contribution < -0.4 is 10.2 Å². The molecular weight excluding hydrogens is 366 g/mol. The second-order valence-corrected chi connectivity index (χ2v) is 8.22. The molecule has 29 heavy (non-hydrogen) atoms. The topological polar surface area (TPSA) is 69.7 Å². The minimum Gasteiger partial charge on any atom is -0.323 e. The predicted octanol–water partition coefficient (Wildman–Crippen LogP) is 3.94. The van der Waals surface area contributed by atoms with Gasteiger partial charge in [-0.1, -0.05) is 50.2 Å². The van der Waals surface area contributed by atoms with E-state index in [1.165, 1.54) is 0 Å². The van der Waals surface area contributed by atoms with Crippen molar-refractivity contribution in [3.63, 3.8) is 0 Å². The van der Waals surface area contributed by atoms with E-state index in [9.17, 15) is 14.4 Å². The molecule has 3 rings (SSSR count). The van der Waals surface area contributed by atoms with Crippen LogP contribution >= 0.6 is 0 Å². The highest BCUT2D eigenvalue weighted by molar-refractivity contribution is 6.11. The van der Waals surface area contributed by atoms with Gasteiger partial charge in [0.1, 0.15) is 12.1 Å². The van der Waals surface area contributed by atoms with Gasteiger partial charge in [0.05, 0.1) is 5.69 Å². The van der Waals surface area contributed by atoms with E-state index in [1.54, 1.807) is 11.8 Å². The van der Waals surface area contributed by atoms with Gasteiger partial charge in [0.25, 0.3) is 5.91 Å². The average molecular weight is 396 g/mol. The zero-order valence-corrected chi connectivity index (χ0v) is 17.6. The second kappa shape index (κ2) is 8.23. The Kier molecular flexibility index (Phi) is 5.91. The summed E-state index contributed by atoms with van der Waals surface area (Å²) in [5.41, 5.74) is -0.164. The molecule has 1 fully saturated rings. The van der Waals surface area contributed by atoms with E-state index in [0.29, 0.717) is 18.9 Å². The fourth-order valence-electron chi connectivity index (χ4n) is 3.78. The van der Waals surface area contributed by atoms with Crippen LogP contribution in [0.5, 0.6) is 0 Å². The Morgan fingerprint density at radius 3 is 2.52 bits per heavy atom. The van der Waals surface area contributed by atoms with Crippen molar-refractivity contribution in [2.45, 2.75) is 46.1 Å². The Hall–Kier alpha value is -2.89. The lowest BCUT2D eigenvalue weighted by molar-refractivity contribution is -0.134. The molecule has 1 aliphatic heterocycles. The van der Waals surface area contributed by atoms with Gasteiger partial charge >= 0.3 is 6.03 Å². The first-order valence-corrected chi connectivity index (χ1v) is 10.2. The number of nitrogens with one attached hydrogen (secondary N) is 1. The van der Waals surface area contributed by atoms with Crippen LogP contribution in [0.4, 0.5) is 10.5 Å². The average Bonchev–Trinajstić information content (AvgIpc) is 2.91. The Labute approximate surface area is 171 Å². The minimum absolute atomic E-state index is 0.265. The Morgan fingerprint density at radius 2 is 1.83 bits per heavy atom. The van der Waals surface area contributed by atoms with E-state index in [1.807, 2.05) is 49.4 Å². The fraction of sp³-hybridized carbons (Fsp3) is 0.435. The van der Waals surface area contributed by atoms with Crippen LogP contribution in [0.2, 0.25) is 0 Å². The number of rotatable bonds is 7. The third-order valence-corrected chi connectivity index (χ3v) is 5.53. The van der Waals surface area contributed by atoms with Gasteiger partial charge in [-0.25, -0.2) is 4.79 Å². The van der Waals surface area contributed by atoms with Gasteiger partial charge in [0, 0.05) is 11.9 Å². The smallest absolute Gasteiger partial charge is 0.323 e. The van der Waals surface area contributed by atoms with Crippen LogP contribution in [0.3, 0.4) is 0 Å². The minimum atomic E-state index is -0.946. The highest BCUT2D eigenvalue weighted by Gasteiger charge is 2.48. The number of nitrogens with zero attached hydrogens (tertiary/aromatic N) is 2. The van der Waals surface area contributed by atoms with Crippen molar-refractivity contribution >= 4 is 34.3 Å². The van der Waals surface area contributed by atoms with Gasteiger partial charge in [-0.15, -0.1) is 0 Å². The maximum absolute atomic E-state index is 13.1. The first-order chi connectivity index (χ1) is 13.8. The van der Waals surface area contributed by atoms with E-state index < -0.39 is 11.6 Å². The van der Waals surface area contributed by atoms with Crippen molar-refractivity contribution in [2.24, 2.45) is 5.92 Å². The van der Waals surface area contributed by atoms with Crippen LogP contribution in [-0.4, -0.2) is 41.4 Å². The van der Waals surface area contributed by atoms with Crippen LogP contribution in [-0.2, 0) is 9.59 Å². The number of fused-ring (bicyclic) bond motifs is 1. The maximum Gasteiger partial charge on any atom is 0.325 e. The molecule has 4 amide bonds. The number of imide groups is 1. The summed E-state index contributed by atoms with van der Waals surface area (Å²) < 4.78 is 0. The van der Waals surface area contributed by atoms with E-state index in [2.05, 4.69) is 19.2 Å². The molecule has 1 aliphatic rings. The normalized spacial score (nSPS) is 19.1. The largest absolute Gasteiger partial charge is 0.325 e. The number of anilines is 1. The van der Waals surface area contributed by atoms with Gasteiger partial charge in [0.15, 0.2) is 0 Å². The molecule has 1 atom stereocenters. The van der Waals surface area contributed by atoms with Gasteiger partial charge in [0.2, 0.25) is 5.91 Å². The zero-order valence-electron chi connectivity index (χ0n) is 17.6. The quantitative estimate of drug-likeness (QED) is 0.722. The number of carbonyl (C=O) groups is 3. The number of benzene rings is 2. The third-order valence-electron chi connectivity index (χ3n) is 5.53. The maximum atomic E-state index is 13.1. The van der Waals surface area contributed by atoms with E-state index in [-0.39, 0.29) is 18.4 Å². The standard InChI is InChI=1S/C23H29N3O3/c1-5-25(19-12-8-10-17-9-6-7-11-18(17)19)20(27)15-26-21(28)23(4,24-22(26)29)14-13-16(2)3/h6-12,16H,5,13-15H2,1-4H3,(H,24,29). The number of urea groups is 1. The summed E-state index contributed by atoms with van der Waals surface area (Å²) in [5.74, 6) is -0.180. The van der Waals surface area contributed by atoms with E-state index in [0.717, 1.165) is 27.8 Å². The van der Waals surface area contributed by atoms with Gasteiger partial charge in [-0.3, -0.25) is 14.5 Å². The molecule has 2 aromatic rings.